The van der Waals surface area contributed by atoms with Crippen LogP contribution in [0.15, 0.2) is 23.1 Å². The highest BCUT2D eigenvalue weighted by Crippen LogP contribution is 2.27. The van der Waals surface area contributed by atoms with Crippen molar-refractivity contribution in [2.24, 2.45) is 0 Å². The lowest BCUT2D eigenvalue weighted by Gasteiger charge is -2.14. The van der Waals surface area contributed by atoms with Gasteiger partial charge in [-0.15, -0.1) is 0 Å². The van der Waals surface area contributed by atoms with Gasteiger partial charge in [-0.3, -0.25) is 4.79 Å². The second-order valence-corrected chi connectivity index (χ2v) is 7.83. The predicted octanol–water partition coefficient (Wildman–Crippen LogP) is 1.26. The average Bonchev–Trinajstić information content (AvgIpc) is 3.04. The van der Waals surface area contributed by atoms with Crippen LogP contribution in [-0.4, -0.2) is 59.2 Å². The average molecular weight is 377 g/mol. The molecule has 2 rings (SSSR count). The van der Waals surface area contributed by atoms with E-state index in [0.717, 1.165) is 12.8 Å². The molecule has 1 unspecified atom stereocenters. The van der Waals surface area contributed by atoms with Crippen molar-refractivity contribution in [3.8, 4) is 5.75 Å². The number of likely N-dealkylation sites (N-methyl/N-ethyl adjacent to an activating group) is 1. The zero-order valence-corrected chi connectivity index (χ0v) is 15.2. The molecule has 1 heterocycles. The Labute approximate surface area is 146 Å². The molecule has 7 nitrogen and oxygen atoms in total. The zero-order valence-electron chi connectivity index (χ0n) is 13.6. The van der Waals surface area contributed by atoms with E-state index in [0.29, 0.717) is 6.61 Å². The third-order valence-corrected chi connectivity index (χ3v) is 5.31. The van der Waals surface area contributed by atoms with E-state index >= 15 is 0 Å². The Morgan fingerprint density at radius 2 is 2.21 bits per heavy atom. The second kappa shape index (κ2) is 8.15. The van der Waals surface area contributed by atoms with Crippen LogP contribution in [0.4, 0.5) is 0 Å². The molecular weight excluding hydrogens is 356 g/mol. The highest BCUT2D eigenvalue weighted by atomic mass is 35.5. The summed E-state index contributed by atoms with van der Waals surface area (Å²) in [5.41, 5.74) is 0. The molecule has 0 spiro atoms. The molecule has 1 atom stereocenters. The highest BCUT2D eigenvalue weighted by molar-refractivity contribution is 7.89. The molecule has 0 aliphatic carbocycles. The Morgan fingerprint density at radius 3 is 2.79 bits per heavy atom. The fourth-order valence-electron chi connectivity index (χ4n) is 2.13. The van der Waals surface area contributed by atoms with Crippen LogP contribution in [0.1, 0.15) is 12.8 Å². The molecule has 0 saturated carbocycles. The monoisotopic (exact) mass is 376 g/mol. The number of carbonyl (C=O) groups excluding carboxylic acids is 1. The molecule has 0 radical (unpaired) electrons. The molecular formula is C15H21ClN2O5S. The Balaban J connectivity index is 2.00. The molecule has 1 aromatic rings. The summed E-state index contributed by atoms with van der Waals surface area (Å²) in [5, 5.41) is 0.126. The fraction of sp³-hybridized carbons (Fsp3) is 0.533. The Morgan fingerprint density at radius 1 is 1.46 bits per heavy atom. The predicted molar refractivity (Wildman–Crippen MR) is 89.8 cm³/mol. The summed E-state index contributed by atoms with van der Waals surface area (Å²) in [7, 11) is -0.449. The van der Waals surface area contributed by atoms with E-state index in [1.165, 1.54) is 23.1 Å². The van der Waals surface area contributed by atoms with E-state index in [2.05, 4.69) is 4.72 Å². The number of sulfonamides is 1. The van der Waals surface area contributed by atoms with Crippen LogP contribution < -0.4 is 9.46 Å². The van der Waals surface area contributed by atoms with E-state index in [4.69, 9.17) is 21.1 Å². The van der Waals surface area contributed by atoms with Crippen molar-refractivity contribution in [3.63, 3.8) is 0 Å². The maximum atomic E-state index is 12.3. The molecule has 1 N–H and O–H groups in total. The Bertz CT molecular complexity index is 687. The topological polar surface area (TPSA) is 84.9 Å². The van der Waals surface area contributed by atoms with E-state index in [1.807, 2.05) is 0 Å². The van der Waals surface area contributed by atoms with Gasteiger partial charge in [0.25, 0.3) is 5.91 Å². The van der Waals surface area contributed by atoms with Crippen molar-refractivity contribution in [2.75, 3.05) is 33.9 Å². The van der Waals surface area contributed by atoms with Gasteiger partial charge < -0.3 is 14.4 Å². The lowest BCUT2D eigenvalue weighted by Crippen LogP contribution is -2.31. The number of nitrogens with zero attached hydrogens (tertiary/aromatic N) is 1. The first-order valence-corrected chi connectivity index (χ1v) is 9.39. The van der Waals surface area contributed by atoms with Crippen molar-refractivity contribution in [3.05, 3.63) is 23.2 Å². The van der Waals surface area contributed by atoms with Crippen LogP contribution in [-0.2, 0) is 19.6 Å². The number of benzene rings is 1. The quantitative estimate of drug-likeness (QED) is 0.774. The molecule has 1 saturated heterocycles. The van der Waals surface area contributed by atoms with Crippen LogP contribution in [0.5, 0.6) is 5.75 Å². The molecule has 0 bridgehead atoms. The molecule has 9 heteroatoms. The van der Waals surface area contributed by atoms with E-state index < -0.39 is 10.0 Å². The standard InChI is InChI=1S/C15H21ClN2O5S/c1-18(2)15(19)10-23-14-6-5-12(8-13(14)16)24(20,21)17-9-11-4-3-7-22-11/h5-6,8,11,17H,3-4,7,9-10H2,1-2H3. The van der Waals surface area contributed by atoms with Gasteiger partial charge in [0.1, 0.15) is 5.75 Å². The first-order valence-electron chi connectivity index (χ1n) is 7.53. The van der Waals surface area contributed by atoms with Gasteiger partial charge in [0.15, 0.2) is 6.61 Å². The SMILES string of the molecule is CN(C)C(=O)COc1ccc(S(=O)(=O)NCC2CCCO2)cc1Cl. The number of nitrogens with one attached hydrogen (secondary N) is 1. The molecule has 1 fully saturated rings. The molecule has 134 valence electrons. The summed E-state index contributed by atoms with van der Waals surface area (Å²) >= 11 is 6.06. The maximum absolute atomic E-state index is 12.3. The minimum absolute atomic E-state index is 0.0387. The normalized spacial score (nSPS) is 17.7. The lowest BCUT2D eigenvalue weighted by molar-refractivity contribution is -0.130. The number of amides is 1. The first-order chi connectivity index (χ1) is 11.3. The van der Waals surface area contributed by atoms with Gasteiger partial charge in [-0.2, -0.15) is 0 Å². The summed E-state index contributed by atoms with van der Waals surface area (Å²) in [5.74, 6) is 0.0333. The summed E-state index contributed by atoms with van der Waals surface area (Å²) in [4.78, 5) is 12.9. The number of hydrogen-bond acceptors (Lipinski definition) is 5. The van der Waals surface area contributed by atoms with E-state index in [9.17, 15) is 13.2 Å². The van der Waals surface area contributed by atoms with Gasteiger partial charge in [0.05, 0.1) is 16.0 Å². The Hall–Kier alpha value is -1.35. The summed E-state index contributed by atoms with van der Waals surface area (Å²) in [6.07, 6.45) is 1.70. The molecule has 0 aromatic heterocycles. The van der Waals surface area contributed by atoms with Crippen LogP contribution in [0.2, 0.25) is 5.02 Å². The third-order valence-electron chi connectivity index (χ3n) is 3.59. The van der Waals surface area contributed by atoms with Crippen LogP contribution in [0.3, 0.4) is 0 Å². The molecule has 1 amide bonds. The van der Waals surface area contributed by atoms with Gasteiger partial charge in [-0.05, 0) is 31.0 Å². The van der Waals surface area contributed by atoms with Crippen molar-refractivity contribution >= 4 is 27.5 Å². The second-order valence-electron chi connectivity index (χ2n) is 5.66. The van der Waals surface area contributed by atoms with Crippen LogP contribution >= 0.6 is 11.6 Å². The van der Waals surface area contributed by atoms with Gasteiger partial charge in [-0.1, -0.05) is 11.6 Å². The fourth-order valence-corrected chi connectivity index (χ4v) is 3.52. The lowest BCUT2D eigenvalue weighted by atomic mass is 10.2. The number of halogens is 1. The number of carbonyl (C=O) groups is 1. The first kappa shape index (κ1) is 19.0. The van der Waals surface area contributed by atoms with Crippen molar-refractivity contribution in [2.45, 2.75) is 23.8 Å². The summed E-state index contributed by atoms with van der Waals surface area (Å²) in [6.45, 7) is 0.724. The molecule has 24 heavy (non-hydrogen) atoms. The minimum atomic E-state index is -3.68. The van der Waals surface area contributed by atoms with Crippen molar-refractivity contribution in [1.82, 2.24) is 9.62 Å². The smallest absolute Gasteiger partial charge is 0.259 e. The van der Waals surface area contributed by atoms with E-state index in [-0.39, 0.29) is 40.8 Å². The third kappa shape index (κ3) is 5.07. The van der Waals surface area contributed by atoms with Crippen molar-refractivity contribution in [1.29, 1.82) is 0 Å². The van der Waals surface area contributed by atoms with E-state index in [1.54, 1.807) is 14.1 Å². The highest BCUT2D eigenvalue weighted by Gasteiger charge is 2.21. The Kier molecular flexibility index (Phi) is 6.45. The molecule has 1 aromatic carbocycles. The molecule has 1 aliphatic rings. The number of rotatable bonds is 7. The number of hydrogen-bond donors (Lipinski definition) is 1. The zero-order chi connectivity index (χ0) is 17.7. The minimum Gasteiger partial charge on any atom is -0.482 e. The van der Waals surface area contributed by atoms with Crippen LogP contribution in [0.25, 0.3) is 0 Å². The van der Waals surface area contributed by atoms with Gasteiger partial charge >= 0.3 is 0 Å². The van der Waals surface area contributed by atoms with Gasteiger partial charge in [0.2, 0.25) is 10.0 Å². The van der Waals surface area contributed by atoms with Crippen molar-refractivity contribution < 1.29 is 22.7 Å². The summed E-state index contributed by atoms with van der Waals surface area (Å²) in [6, 6.07) is 4.12. The largest absolute Gasteiger partial charge is 0.482 e. The molecule has 1 aliphatic heterocycles. The number of ether oxygens (including phenoxy) is 2. The summed E-state index contributed by atoms with van der Waals surface area (Å²) < 4.78 is 37.8. The maximum Gasteiger partial charge on any atom is 0.259 e. The van der Waals surface area contributed by atoms with Crippen LogP contribution in [0, 0.1) is 0 Å². The van der Waals surface area contributed by atoms with Gasteiger partial charge in [-0.25, -0.2) is 13.1 Å². The van der Waals surface area contributed by atoms with Gasteiger partial charge in [0, 0.05) is 27.2 Å².